The van der Waals surface area contributed by atoms with E-state index in [0.29, 0.717) is 22.5 Å². The number of carbonyl (C=O) groups excluding carboxylic acids is 1. The Bertz CT molecular complexity index is 982. The van der Waals surface area contributed by atoms with Gasteiger partial charge < -0.3 is 9.73 Å². The molecule has 0 aliphatic carbocycles. The SMILES string of the molecule is CCCCn1c(=O)c2sccc2n(CC(=O)NCc2ccco2)c1=O. The molecule has 0 bridgehead atoms. The van der Waals surface area contributed by atoms with E-state index in [1.807, 2.05) is 6.92 Å². The third-order valence-corrected chi connectivity index (χ3v) is 4.80. The minimum atomic E-state index is -0.447. The van der Waals surface area contributed by atoms with Gasteiger partial charge in [-0.25, -0.2) is 4.79 Å². The van der Waals surface area contributed by atoms with Crippen LogP contribution in [-0.4, -0.2) is 15.0 Å². The summed E-state index contributed by atoms with van der Waals surface area (Å²) in [5, 5.41) is 4.48. The number of amides is 1. The number of thiophene rings is 1. The minimum absolute atomic E-state index is 0.140. The maximum absolute atomic E-state index is 12.7. The van der Waals surface area contributed by atoms with Crippen molar-refractivity contribution in [3.8, 4) is 0 Å². The van der Waals surface area contributed by atoms with E-state index in [2.05, 4.69) is 5.32 Å². The van der Waals surface area contributed by atoms with Crippen LogP contribution in [0.4, 0.5) is 0 Å². The molecule has 3 aromatic rings. The van der Waals surface area contributed by atoms with Crippen molar-refractivity contribution in [1.82, 2.24) is 14.5 Å². The van der Waals surface area contributed by atoms with Crippen molar-refractivity contribution in [2.75, 3.05) is 0 Å². The molecule has 0 aliphatic rings. The standard InChI is InChI=1S/C17H19N3O4S/c1-2-3-7-19-16(22)15-13(6-9-25-15)20(17(19)23)11-14(21)18-10-12-5-4-8-24-12/h4-6,8-9H,2-3,7,10-11H2,1H3,(H,18,21). The van der Waals surface area contributed by atoms with E-state index in [4.69, 9.17) is 4.42 Å². The Hall–Kier alpha value is -2.61. The van der Waals surface area contributed by atoms with Crippen LogP contribution in [-0.2, 0) is 24.4 Å². The summed E-state index contributed by atoms with van der Waals surface area (Å²) in [5.41, 5.74) is -0.228. The van der Waals surface area contributed by atoms with Gasteiger partial charge in [-0.05, 0) is 30.0 Å². The quantitative estimate of drug-likeness (QED) is 0.697. The normalized spacial score (nSPS) is 11.1. The van der Waals surface area contributed by atoms with Gasteiger partial charge in [0.2, 0.25) is 5.91 Å². The fourth-order valence-electron chi connectivity index (χ4n) is 2.60. The van der Waals surface area contributed by atoms with Crippen LogP contribution in [0.5, 0.6) is 0 Å². The van der Waals surface area contributed by atoms with Gasteiger partial charge in [-0.1, -0.05) is 13.3 Å². The first-order valence-electron chi connectivity index (χ1n) is 8.11. The second-order valence-corrected chi connectivity index (χ2v) is 6.59. The number of carbonyl (C=O) groups is 1. The largest absolute Gasteiger partial charge is 0.467 e. The van der Waals surface area contributed by atoms with E-state index in [-0.39, 0.29) is 24.6 Å². The number of nitrogens with one attached hydrogen (secondary N) is 1. The molecule has 0 saturated heterocycles. The lowest BCUT2D eigenvalue weighted by Gasteiger charge is -2.12. The van der Waals surface area contributed by atoms with Crippen LogP contribution in [0, 0.1) is 0 Å². The van der Waals surface area contributed by atoms with Crippen molar-refractivity contribution in [3.05, 3.63) is 56.4 Å². The van der Waals surface area contributed by atoms with Crippen molar-refractivity contribution in [2.45, 2.75) is 39.4 Å². The van der Waals surface area contributed by atoms with Crippen LogP contribution < -0.4 is 16.6 Å². The summed E-state index contributed by atoms with van der Waals surface area (Å²) in [6.07, 6.45) is 3.14. The van der Waals surface area contributed by atoms with Gasteiger partial charge in [0, 0.05) is 6.54 Å². The van der Waals surface area contributed by atoms with E-state index in [1.54, 1.807) is 23.6 Å². The molecule has 132 valence electrons. The number of nitrogens with zero attached hydrogens (tertiary/aromatic N) is 2. The highest BCUT2D eigenvalue weighted by molar-refractivity contribution is 7.17. The Morgan fingerprint density at radius 2 is 2.12 bits per heavy atom. The zero-order valence-electron chi connectivity index (χ0n) is 13.9. The summed E-state index contributed by atoms with van der Waals surface area (Å²) in [4.78, 5) is 37.4. The van der Waals surface area contributed by atoms with E-state index in [1.165, 1.54) is 26.7 Å². The van der Waals surface area contributed by atoms with Crippen molar-refractivity contribution < 1.29 is 9.21 Å². The van der Waals surface area contributed by atoms with E-state index in [0.717, 1.165) is 12.8 Å². The van der Waals surface area contributed by atoms with Gasteiger partial charge in [0.05, 0.1) is 18.3 Å². The third kappa shape index (κ3) is 3.58. The average molecular weight is 361 g/mol. The summed E-state index contributed by atoms with van der Waals surface area (Å²) in [5.74, 6) is 0.320. The number of hydrogen-bond acceptors (Lipinski definition) is 5. The molecule has 0 unspecified atom stereocenters. The lowest BCUT2D eigenvalue weighted by molar-refractivity contribution is -0.121. The van der Waals surface area contributed by atoms with Crippen LogP contribution in [0.3, 0.4) is 0 Å². The van der Waals surface area contributed by atoms with Crippen LogP contribution in [0.1, 0.15) is 25.5 Å². The molecule has 0 aromatic carbocycles. The molecule has 25 heavy (non-hydrogen) atoms. The molecule has 1 amide bonds. The van der Waals surface area contributed by atoms with Gasteiger partial charge in [-0.2, -0.15) is 0 Å². The van der Waals surface area contributed by atoms with Gasteiger partial charge in [0.1, 0.15) is 17.0 Å². The van der Waals surface area contributed by atoms with Crippen LogP contribution in [0.25, 0.3) is 10.2 Å². The highest BCUT2D eigenvalue weighted by Gasteiger charge is 2.16. The number of fused-ring (bicyclic) bond motifs is 1. The number of rotatable bonds is 7. The molecule has 3 heterocycles. The molecule has 0 atom stereocenters. The van der Waals surface area contributed by atoms with Crippen LogP contribution >= 0.6 is 11.3 Å². The lowest BCUT2D eigenvalue weighted by Crippen LogP contribution is -2.42. The Morgan fingerprint density at radius 3 is 2.84 bits per heavy atom. The molecular weight excluding hydrogens is 342 g/mol. The second-order valence-electron chi connectivity index (χ2n) is 5.67. The zero-order valence-corrected chi connectivity index (χ0v) is 14.7. The molecule has 3 aromatic heterocycles. The van der Waals surface area contributed by atoms with Crippen LogP contribution in [0.15, 0.2) is 43.8 Å². The molecule has 0 spiro atoms. The number of unbranched alkanes of at least 4 members (excludes halogenated alkanes) is 1. The lowest BCUT2D eigenvalue weighted by atomic mass is 10.3. The fraction of sp³-hybridized carbons (Fsp3) is 0.353. The maximum atomic E-state index is 12.7. The highest BCUT2D eigenvalue weighted by atomic mass is 32.1. The first-order chi connectivity index (χ1) is 12.1. The molecule has 1 N–H and O–H groups in total. The van der Waals surface area contributed by atoms with Gasteiger partial charge in [-0.3, -0.25) is 18.7 Å². The number of furan rings is 1. The number of hydrogen-bond donors (Lipinski definition) is 1. The molecule has 7 nitrogen and oxygen atoms in total. The molecule has 0 radical (unpaired) electrons. The maximum Gasteiger partial charge on any atom is 0.332 e. The third-order valence-electron chi connectivity index (χ3n) is 3.91. The highest BCUT2D eigenvalue weighted by Crippen LogP contribution is 2.15. The Kier molecular flexibility index (Phi) is 5.18. The van der Waals surface area contributed by atoms with Gasteiger partial charge in [0.15, 0.2) is 0 Å². The van der Waals surface area contributed by atoms with Crippen molar-refractivity contribution in [2.24, 2.45) is 0 Å². The Morgan fingerprint density at radius 1 is 1.28 bits per heavy atom. The Labute approximate surface area is 147 Å². The first kappa shape index (κ1) is 17.2. The number of aromatic nitrogens is 2. The van der Waals surface area contributed by atoms with Gasteiger partial charge in [-0.15, -0.1) is 11.3 Å². The molecule has 0 aliphatic heterocycles. The van der Waals surface area contributed by atoms with E-state index >= 15 is 0 Å². The molecule has 0 saturated carbocycles. The summed E-state index contributed by atoms with van der Waals surface area (Å²) in [6, 6.07) is 5.20. The predicted octanol–water partition coefficient (Wildman–Crippen LogP) is 1.93. The van der Waals surface area contributed by atoms with E-state index < -0.39 is 5.69 Å². The smallest absolute Gasteiger partial charge is 0.332 e. The minimum Gasteiger partial charge on any atom is -0.467 e. The molecule has 8 heteroatoms. The summed E-state index contributed by atoms with van der Waals surface area (Å²) >= 11 is 1.28. The van der Waals surface area contributed by atoms with Gasteiger partial charge >= 0.3 is 5.69 Å². The summed E-state index contributed by atoms with van der Waals surface area (Å²) in [7, 11) is 0. The average Bonchev–Trinajstić information content (AvgIpc) is 3.28. The van der Waals surface area contributed by atoms with Crippen molar-refractivity contribution >= 4 is 27.5 Å². The Balaban J connectivity index is 1.89. The topological polar surface area (TPSA) is 86.2 Å². The van der Waals surface area contributed by atoms with Crippen molar-refractivity contribution in [1.29, 1.82) is 0 Å². The predicted molar refractivity (Wildman–Crippen MR) is 95.8 cm³/mol. The molecular formula is C17H19N3O4S. The van der Waals surface area contributed by atoms with Gasteiger partial charge in [0.25, 0.3) is 5.56 Å². The summed E-state index contributed by atoms with van der Waals surface area (Å²) < 4.78 is 8.25. The fourth-order valence-corrected chi connectivity index (χ4v) is 3.44. The molecule has 3 rings (SSSR count). The molecule has 0 fully saturated rings. The monoisotopic (exact) mass is 361 g/mol. The van der Waals surface area contributed by atoms with Crippen molar-refractivity contribution in [3.63, 3.8) is 0 Å². The first-order valence-corrected chi connectivity index (χ1v) is 8.99. The second kappa shape index (κ2) is 7.52. The zero-order chi connectivity index (χ0) is 17.8. The van der Waals surface area contributed by atoms with E-state index in [9.17, 15) is 14.4 Å². The summed E-state index contributed by atoms with van der Waals surface area (Å²) in [6.45, 7) is 2.47. The van der Waals surface area contributed by atoms with Crippen LogP contribution in [0.2, 0.25) is 0 Å².